The Morgan fingerprint density at radius 2 is 1.46 bits per heavy atom. The average Bonchev–Trinajstić information content (AvgIpc) is 3.58. The van der Waals surface area contributed by atoms with Crippen molar-refractivity contribution >= 4 is 16.1 Å². The zero-order valence-electron chi connectivity index (χ0n) is 15.7. The maximum atomic E-state index is 12.8. The highest BCUT2D eigenvalue weighted by Crippen LogP contribution is 2.41. The highest BCUT2D eigenvalue weighted by Gasteiger charge is 2.35. The third-order valence-electron chi connectivity index (χ3n) is 5.44. The van der Waals surface area contributed by atoms with Gasteiger partial charge in [-0.3, -0.25) is 0 Å². The van der Waals surface area contributed by atoms with Gasteiger partial charge < -0.3 is 10.2 Å². The van der Waals surface area contributed by atoms with E-state index in [4.69, 9.17) is 0 Å². The van der Waals surface area contributed by atoms with Gasteiger partial charge in [-0.2, -0.15) is 4.31 Å². The molecule has 1 heterocycles. The quantitative estimate of drug-likeness (QED) is 0.841. The summed E-state index contributed by atoms with van der Waals surface area (Å²) in [5.41, 5.74) is 1.13. The Bertz CT molecular complexity index is 906. The van der Waals surface area contributed by atoms with Crippen molar-refractivity contribution in [2.75, 3.05) is 26.2 Å². The monoisotopic (exact) mass is 399 g/mol. The van der Waals surface area contributed by atoms with Gasteiger partial charge in [0.2, 0.25) is 10.0 Å². The van der Waals surface area contributed by atoms with E-state index in [0.29, 0.717) is 37.0 Å². The van der Waals surface area contributed by atoms with Crippen LogP contribution < -0.4 is 5.32 Å². The largest absolute Gasteiger partial charge is 0.331 e. The molecule has 0 spiro atoms. The van der Waals surface area contributed by atoms with E-state index in [1.165, 1.54) is 4.31 Å². The molecule has 6 nitrogen and oxygen atoms in total. The molecule has 2 aliphatic rings. The van der Waals surface area contributed by atoms with Crippen LogP contribution in [-0.2, 0) is 10.0 Å². The van der Waals surface area contributed by atoms with Crippen LogP contribution in [0.5, 0.6) is 0 Å². The van der Waals surface area contributed by atoms with Gasteiger partial charge in [-0.05, 0) is 36.5 Å². The molecule has 0 aromatic heterocycles. The molecular weight excluding hydrogens is 374 g/mol. The third kappa shape index (κ3) is 4.05. The van der Waals surface area contributed by atoms with E-state index in [-0.39, 0.29) is 12.1 Å². The number of sulfonamides is 1. The number of amides is 2. The lowest BCUT2D eigenvalue weighted by Gasteiger charge is -2.35. The Labute approximate surface area is 166 Å². The van der Waals surface area contributed by atoms with Gasteiger partial charge >= 0.3 is 6.03 Å². The fourth-order valence-electron chi connectivity index (χ4n) is 3.66. The summed E-state index contributed by atoms with van der Waals surface area (Å²) in [7, 11) is -3.51. The minimum absolute atomic E-state index is 0.0276. The van der Waals surface area contributed by atoms with Gasteiger partial charge in [0.1, 0.15) is 0 Å². The van der Waals surface area contributed by atoms with Crippen molar-refractivity contribution in [2.24, 2.45) is 5.92 Å². The van der Waals surface area contributed by atoms with Crippen LogP contribution in [0.25, 0.3) is 0 Å². The molecule has 1 atom stereocenters. The van der Waals surface area contributed by atoms with E-state index in [1.807, 2.05) is 30.3 Å². The SMILES string of the molecule is O=C(NC(c1ccccc1)C1CC1)N1CCN(S(=O)(=O)c2ccccc2)CC1. The molecule has 2 amide bonds. The summed E-state index contributed by atoms with van der Waals surface area (Å²) in [5.74, 6) is 0.492. The summed E-state index contributed by atoms with van der Waals surface area (Å²) in [6, 6.07) is 18.4. The van der Waals surface area contributed by atoms with E-state index in [1.54, 1.807) is 35.2 Å². The van der Waals surface area contributed by atoms with E-state index >= 15 is 0 Å². The van der Waals surface area contributed by atoms with Crippen LogP contribution in [0.3, 0.4) is 0 Å². The number of piperazine rings is 1. The third-order valence-corrected chi connectivity index (χ3v) is 7.35. The lowest BCUT2D eigenvalue weighted by atomic mass is 10.0. The van der Waals surface area contributed by atoms with Crippen molar-refractivity contribution in [3.63, 3.8) is 0 Å². The topological polar surface area (TPSA) is 69.7 Å². The number of benzene rings is 2. The summed E-state index contributed by atoms with van der Waals surface area (Å²) in [4.78, 5) is 14.8. The first-order valence-corrected chi connectivity index (χ1v) is 11.2. The van der Waals surface area contributed by atoms with E-state index < -0.39 is 10.0 Å². The second-order valence-electron chi connectivity index (χ2n) is 7.38. The van der Waals surface area contributed by atoms with Crippen LogP contribution >= 0.6 is 0 Å². The van der Waals surface area contributed by atoms with Gasteiger partial charge in [-0.25, -0.2) is 13.2 Å². The molecule has 2 fully saturated rings. The summed E-state index contributed by atoms with van der Waals surface area (Å²) in [6.45, 7) is 1.41. The van der Waals surface area contributed by atoms with Crippen molar-refractivity contribution in [2.45, 2.75) is 23.8 Å². The first-order valence-electron chi connectivity index (χ1n) is 9.71. The Hall–Kier alpha value is -2.38. The number of urea groups is 1. The number of carbonyl (C=O) groups excluding carboxylic acids is 1. The number of nitrogens with one attached hydrogen (secondary N) is 1. The fourth-order valence-corrected chi connectivity index (χ4v) is 5.10. The summed E-state index contributed by atoms with van der Waals surface area (Å²) in [6.07, 6.45) is 2.26. The minimum atomic E-state index is -3.51. The molecule has 1 saturated carbocycles. The lowest BCUT2D eigenvalue weighted by molar-refractivity contribution is 0.167. The molecule has 28 heavy (non-hydrogen) atoms. The number of hydrogen-bond acceptors (Lipinski definition) is 3. The molecule has 1 aliphatic heterocycles. The first kappa shape index (κ1) is 19.0. The zero-order chi connectivity index (χ0) is 19.6. The predicted octanol–water partition coefficient (Wildman–Crippen LogP) is 2.85. The van der Waals surface area contributed by atoms with Crippen LogP contribution in [0.4, 0.5) is 4.79 Å². The number of hydrogen-bond donors (Lipinski definition) is 1. The Kier molecular flexibility index (Phi) is 5.37. The van der Waals surface area contributed by atoms with Crippen LogP contribution in [0.15, 0.2) is 65.6 Å². The molecule has 148 valence electrons. The van der Waals surface area contributed by atoms with Gasteiger partial charge in [0.05, 0.1) is 10.9 Å². The second-order valence-corrected chi connectivity index (χ2v) is 9.32. The number of nitrogens with zero attached hydrogens (tertiary/aromatic N) is 2. The van der Waals surface area contributed by atoms with Gasteiger partial charge in [0.15, 0.2) is 0 Å². The summed E-state index contributed by atoms with van der Waals surface area (Å²) < 4.78 is 26.9. The molecule has 1 aliphatic carbocycles. The Morgan fingerprint density at radius 1 is 0.893 bits per heavy atom. The van der Waals surface area contributed by atoms with E-state index in [2.05, 4.69) is 5.32 Å². The summed E-state index contributed by atoms with van der Waals surface area (Å²) >= 11 is 0. The normalized spacial score (nSPS) is 19.2. The number of rotatable bonds is 5. The van der Waals surface area contributed by atoms with Crippen LogP contribution in [0, 0.1) is 5.92 Å². The lowest BCUT2D eigenvalue weighted by Crippen LogP contribution is -2.53. The van der Waals surface area contributed by atoms with Crippen molar-refractivity contribution < 1.29 is 13.2 Å². The molecule has 4 rings (SSSR count). The maximum absolute atomic E-state index is 12.8. The van der Waals surface area contributed by atoms with Crippen molar-refractivity contribution in [1.82, 2.24) is 14.5 Å². The standard InChI is InChI=1S/C21H25N3O3S/c25-21(22-20(18-11-12-18)17-7-3-1-4-8-17)23-13-15-24(16-14-23)28(26,27)19-9-5-2-6-10-19/h1-10,18,20H,11-16H2,(H,22,25). The highest BCUT2D eigenvalue weighted by atomic mass is 32.2. The van der Waals surface area contributed by atoms with Gasteiger partial charge in [-0.15, -0.1) is 0 Å². The van der Waals surface area contributed by atoms with E-state index in [9.17, 15) is 13.2 Å². The molecule has 1 N–H and O–H groups in total. The molecule has 1 saturated heterocycles. The predicted molar refractivity (Wildman–Crippen MR) is 107 cm³/mol. The maximum Gasteiger partial charge on any atom is 0.317 e. The molecule has 1 unspecified atom stereocenters. The Morgan fingerprint density at radius 3 is 2.04 bits per heavy atom. The zero-order valence-corrected chi connectivity index (χ0v) is 16.5. The molecule has 0 bridgehead atoms. The summed E-state index contributed by atoms with van der Waals surface area (Å²) in [5, 5.41) is 3.17. The van der Waals surface area contributed by atoms with Crippen LogP contribution in [0.1, 0.15) is 24.4 Å². The second kappa shape index (κ2) is 7.93. The van der Waals surface area contributed by atoms with Crippen LogP contribution in [-0.4, -0.2) is 49.8 Å². The van der Waals surface area contributed by atoms with E-state index in [0.717, 1.165) is 18.4 Å². The molecular formula is C21H25N3O3S. The minimum Gasteiger partial charge on any atom is -0.331 e. The van der Waals surface area contributed by atoms with Crippen molar-refractivity contribution in [1.29, 1.82) is 0 Å². The van der Waals surface area contributed by atoms with Crippen molar-refractivity contribution in [3.05, 3.63) is 66.2 Å². The molecule has 7 heteroatoms. The van der Waals surface area contributed by atoms with Crippen LogP contribution in [0.2, 0.25) is 0 Å². The number of carbonyl (C=O) groups is 1. The van der Waals surface area contributed by atoms with Gasteiger partial charge in [-0.1, -0.05) is 48.5 Å². The molecule has 2 aromatic carbocycles. The molecule has 0 radical (unpaired) electrons. The first-order chi connectivity index (χ1) is 13.6. The van der Waals surface area contributed by atoms with Crippen molar-refractivity contribution in [3.8, 4) is 0 Å². The average molecular weight is 400 g/mol. The Balaban J connectivity index is 1.38. The smallest absolute Gasteiger partial charge is 0.317 e. The van der Waals surface area contributed by atoms with Gasteiger partial charge in [0, 0.05) is 26.2 Å². The van der Waals surface area contributed by atoms with Gasteiger partial charge in [0.25, 0.3) is 0 Å². The highest BCUT2D eigenvalue weighted by molar-refractivity contribution is 7.89. The molecule has 2 aromatic rings. The fraction of sp³-hybridized carbons (Fsp3) is 0.381.